The molecule has 1 rings (SSSR count). The van der Waals surface area contributed by atoms with Crippen LogP contribution in [0.25, 0.3) is 0 Å². The lowest BCUT2D eigenvalue weighted by Crippen LogP contribution is -2.07. The molecule has 0 saturated carbocycles. The fourth-order valence-electron chi connectivity index (χ4n) is 2.38. The molecule has 0 aromatic heterocycles. The molecule has 0 aromatic rings. The predicted molar refractivity (Wildman–Crippen MR) is 81.2 cm³/mol. The molecule has 1 fully saturated rings. The van der Waals surface area contributed by atoms with Crippen LogP contribution in [0.15, 0.2) is 0 Å². The molecule has 0 aromatic carbocycles. The number of hydrogen-bond acceptors (Lipinski definition) is 5. The van der Waals surface area contributed by atoms with Crippen LogP contribution in [0.1, 0.15) is 64.7 Å². The second-order valence-corrected chi connectivity index (χ2v) is 6.81. The molecule has 21 heavy (non-hydrogen) atoms. The molecular formula is C15H30O5Si. The molecule has 0 spiro atoms. The summed E-state index contributed by atoms with van der Waals surface area (Å²) in [5.41, 5.74) is 0. The van der Waals surface area contributed by atoms with E-state index in [1.165, 1.54) is 38.5 Å². The molecule has 5 nitrogen and oxygen atoms in total. The molecule has 1 saturated heterocycles. The maximum atomic E-state index is 11.3. The van der Waals surface area contributed by atoms with Crippen LogP contribution in [0.2, 0.25) is 6.04 Å². The highest BCUT2D eigenvalue weighted by molar-refractivity contribution is 6.34. The molecule has 6 heteroatoms. The third-order valence-electron chi connectivity index (χ3n) is 3.53. The maximum absolute atomic E-state index is 11.3. The summed E-state index contributed by atoms with van der Waals surface area (Å²) in [6, 6.07) is 0.645. The summed E-state index contributed by atoms with van der Waals surface area (Å²) < 4.78 is 26.9. The molecule has 124 valence electrons. The molecule has 0 unspecified atom stereocenters. The van der Waals surface area contributed by atoms with Gasteiger partial charge in [0.05, 0.1) is 19.8 Å². The fourth-order valence-corrected chi connectivity index (χ4v) is 3.25. The first-order valence-corrected chi connectivity index (χ1v) is 9.90. The molecule has 0 radical (unpaired) electrons. The zero-order valence-corrected chi connectivity index (χ0v) is 14.3. The quantitative estimate of drug-likeness (QED) is 0.211. The van der Waals surface area contributed by atoms with Crippen molar-refractivity contribution in [3.05, 3.63) is 0 Å². The van der Waals surface area contributed by atoms with Crippen LogP contribution in [0.4, 0.5) is 0 Å². The molecular weight excluding hydrogens is 288 g/mol. The minimum Gasteiger partial charge on any atom is -0.362 e. The van der Waals surface area contributed by atoms with Gasteiger partial charge in [-0.1, -0.05) is 38.5 Å². The van der Waals surface area contributed by atoms with Crippen molar-refractivity contribution < 1.29 is 23.4 Å². The summed E-state index contributed by atoms with van der Waals surface area (Å²) in [5, 5.41) is 0. The van der Waals surface area contributed by atoms with Gasteiger partial charge in [0.1, 0.15) is 0 Å². The SMILES string of the molecule is CCOO[Si](=O)CCCCCCCCCCC1OCCO1. The fraction of sp³-hybridized carbons (Fsp3) is 1.00. The Morgan fingerprint density at radius 3 is 2.14 bits per heavy atom. The van der Waals surface area contributed by atoms with Crippen molar-refractivity contribution in [2.75, 3.05) is 19.8 Å². The number of rotatable bonds is 14. The van der Waals surface area contributed by atoms with E-state index in [4.69, 9.17) is 14.1 Å². The Kier molecular flexibility index (Phi) is 11.9. The van der Waals surface area contributed by atoms with Gasteiger partial charge in [0.25, 0.3) is 0 Å². The third kappa shape index (κ3) is 11.0. The Bertz CT molecular complexity index is 256. The van der Waals surface area contributed by atoms with E-state index in [2.05, 4.69) is 4.89 Å². The van der Waals surface area contributed by atoms with Gasteiger partial charge in [-0.15, -0.1) is 0 Å². The average Bonchev–Trinajstić information content (AvgIpc) is 3.00. The average molecular weight is 318 g/mol. The van der Waals surface area contributed by atoms with E-state index >= 15 is 0 Å². The van der Waals surface area contributed by atoms with Crippen LogP contribution in [0.3, 0.4) is 0 Å². The molecule has 0 atom stereocenters. The van der Waals surface area contributed by atoms with E-state index in [9.17, 15) is 4.46 Å². The molecule has 0 amide bonds. The van der Waals surface area contributed by atoms with Crippen molar-refractivity contribution in [1.29, 1.82) is 0 Å². The first-order chi connectivity index (χ1) is 10.3. The van der Waals surface area contributed by atoms with Gasteiger partial charge in [-0.05, 0) is 26.2 Å². The smallest absolute Gasteiger partial charge is 0.362 e. The summed E-state index contributed by atoms with van der Waals surface area (Å²) in [7, 11) is -1.96. The molecule has 0 bridgehead atoms. The van der Waals surface area contributed by atoms with E-state index in [0.29, 0.717) is 12.7 Å². The van der Waals surface area contributed by atoms with Gasteiger partial charge in [-0.2, -0.15) is 0 Å². The molecule has 1 heterocycles. The first kappa shape index (κ1) is 18.7. The Morgan fingerprint density at radius 2 is 1.52 bits per heavy atom. The van der Waals surface area contributed by atoms with E-state index in [1.807, 2.05) is 6.92 Å². The Morgan fingerprint density at radius 1 is 0.952 bits per heavy atom. The molecule has 1 aliphatic heterocycles. The molecule has 0 N–H and O–H groups in total. The van der Waals surface area contributed by atoms with Crippen LogP contribution < -0.4 is 0 Å². The monoisotopic (exact) mass is 318 g/mol. The number of hydrogen-bond donors (Lipinski definition) is 0. The largest absolute Gasteiger partial charge is 0.538 e. The van der Waals surface area contributed by atoms with Crippen molar-refractivity contribution in [2.24, 2.45) is 0 Å². The summed E-state index contributed by atoms with van der Waals surface area (Å²) in [6.07, 6.45) is 10.7. The van der Waals surface area contributed by atoms with E-state index in [-0.39, 0.29) is 6.29 Å². The predicted octanol–water partition coefficient (Wildman–Crippen LogP) is 3.76. The maximum Gasteiger partial charge on any atom is 0.538 e. The standard InChI is InChI=1S/C15H30O5Si/c1-2-19-20-21(16)14-10-8-6-4-3-5-7-9-11-15-17-12-13-18-15/h15H,2-14H2,1H3. The highest BCUT2D eigenvalue weighted by Crippen LogP contribution is 2.15. The first-order valence-electron chi connectivity index (χ1n) is 8.38. The lowest BCUT2D eigenvalue weighted by molar-refractivity contribution is -0.211. The van der Waals surface area contributed by atoms with Crippen LogP contribution in [0.5, 0.6) is 0 Å². The lowest BCUT2D eigenvalue weighted by atomic mass is 10.1. The summed E-state index contributed by atoms with van der Waals surface area (Å²) in [4.78, 5) is 4.68. The van der Waals surface area contributed by atoms with E-state index in [1.54, 1.807) is 0 Å². The molecule has 1 aliphatic rings. The highest BCUT2D eigenvalue weighted by atomic mass is 28.3. The highest BCUT2D eigenvalue weighted by Gasteiger charge is 2.14. The molecule has 0 aliphatic carbocycles. The van der Waals surface area contributed by atoms with Crippen LogP contribution >= 0.6 is 0 Å². The Balaban J connectivity index is 1.73. The van der Waals surface area contributed by atoms with Gasteiger partial charge in [-0.3, -0.25) is 0 Å². The van der Waals surface area contributed by atoms with Crippen molar-refractivity contribution in [3.8, 4) is 0 Å². The topological polar surface area (TPSA) is 54.0 Å². The van der Waals surface area contributed by atoms with Gasteiger partial charge < -0.3 is 18.5 Å². The van der Waals surface area contributed by atoms with Crippen LogP contribution in [0, 0.1) is 0 Å². The number of ether oxygens (including phenoxy) is 2. The van der Waals surface area contributed by atoms with E-state index in [0.717, 1.165) is 32.5 Å². The van der Waals surface area contributed by atoms with Gasteiger partial charge in [0.15, 0.2) is 6.29 Å². The van der Waals surface area contributed by atoms with Gasteiger partial charge in [-0.25, -0.2) is 4.89 Å². The van der Waals surface area contributed by atoms with Crippen molar-refractivity contribution >= 4 is 8.93 Å². The lowest BCUT2D eigenvalue weighted by Gasteiger charge is -2.08. The summed E-state index contributed by atoms with van der Waals surface area (Å²) in [5.74, 6) is 0. The van der Waals surface area contributed by atoms with Crippen molar-refractivity contribution in [3.63, 3.8) is 0 Å². The summed E-state index contributed by atoms with van der Waals surface area (Å²) in [6.45, 7) is 3.79. The third-order valence-corrected chi connectivity index (χ3v) is 4.60. The van der Waals surface area contributed by atoms with Crippen LogP contribution in [-0.4, -0.2) is 35.0 Å². The van der Waals surface area contributed by atoms with Gasteiger partial charge in [0, 0.05) is 6.04 Å². The minimum atomic E-state index is -1.96. The van der Waals surface area contributed by atoms with Crippen molar-refractivity contribution in [2.45, 2.75) is 77.0 Å². The zero-order chi connectivity index (χ0) is 15.2. The Hall–Kier alpha value is -0.303. The zero-order valence-electron chi connectivity index (χ0n) is 13.3. The van der Waals surface area contributed by atoms with Crippen LogP contribution in [-0.2, 0) is 23.4 Å². The van der Waals surface area contributed by atoms with Gasteiger partial charge in [0.2, 0.25) is 0 Å². The Labute approximate surface area is 130 Å². The second-order valence-electron chi connectivity index (χ2n) is 5.40. The van der Waals surface area contributed by atoms with Gasteiger partial charge >= 0.3 is 8.93 Å². The summed E-state index contributed by atoms with van der Waals surface area (Å²) >= 11 is 0. The number of unbranched alkanes of at least 4 members (excludes halogenated alkanes) is 7. The van der Waals surface area contributed by atoms with Crippen molar-refractivity contribution in [1.82, 2.24) is 0 Å². The second kappa shape index (κ2) is 13.4. The van der Waals surface area contributed by atoms with E-state index < -0.39 is 8.93 Å². The normalized spacial score (nSPS) is 15.5. The minimum absolute atomic E-state index is 0.0620.